The van der Waals surface area contributed by atoms with Gasteiger partial charge in [-0.15, -0.1) is 0 Å². The zero-order valence-electron chi connectivity index (χ0n) is 13.5. The Kier molecular flexibility index (Phi) is 5.39. The Hall–Kier alpha value is -1.91. The Morgan fingerprint density at radius 3 is 2.26 bits per heavy atom. The Bertz CT molecular complexity index is 652. The number of allylic oxidation sites excluding steroid dienone is 2. The van der Waals surface area contributed by atoms with E-state index in [9.17, 15) is 9.59 Å². The number of carbonyl (C=O) groups is 2. The van der Waals surface area contributed by atoms with Crippen LogP contribution in [0.2, 0.25) is 5.02 Å². The third-order valence-electron chi connectivity index (χ3n) is 3.75. The average Bonchev–Trinajstić information content (AvgIpc) is 2.50. The monoisotopic (exact) mass is 333 g/mol. The molecule has 1 aromatic rings. The van der Waals surface area contributed by atoms with Crippen molar-refractivity contribution in [2.75, 3.05) is 6.61 Å². The predicted octanol–water partition coefficient (Wildman–Crippen LogP) is 3.67. The summed E-state index contributed by atoms with van der Waals surface area (Å²) in [5, 5.41) is 3.49. The van der Waals surface area contributed by atoms with Crippen molar-refractivity contribution < 1.29 is 14.3 Å². The van der Waals surface area contributed by atoms with E-state index < -0.39 is 5.72 Å². The van der Waals surface area contributed by atoms with Crippen molar-refractivity contribution in [3.05, 3.63) is 58.1 Å². The molecule has 0 aliphatic heterocycles. The van der Waals surface area contributed by atoms with E-state index in [0.717, 1.165) is 6.42 Å². The van der Waals surface area contributed by atoms with Gasteiger partial charge in [0.1, 0.15) is 0 Å². The minimum absolute atomic E-state index is 0.100. The standard InChI is InChI=1S/C18H20ClNO3/c1-4-9-23-18(12(2)10-16(21)11-13(18)3)20-17(22)14-5-7-15(19)8-6-14/h5-8,10-11H,4,9H2,1-3H3,(H,20,22). The summed E-state index contributed by atoms with van der Waals surface area (Å²) in [5.41, 5.74) is 0.726. The Balaban J connectivity index is 2.34. The minimum atomic E-state index is -1.08. The molecule has 0 heterocycles. The highest BCUT2D eigenvalue weighted by molar-refractivity contribution is 6.30. The number of benzene rings is 1. The summed E-state index contributed by atoms with van der Waals surface area (Å²) in [7, 11) is 0. The summed E-state index contributed by atoms with van der Waals surface area (Å²) in [5.74, 6) is -0.385. The van der Waals surface area contributed by atoms with Gasteiger partial charge in [0.15, 0.2) is 11.5 Å². The van der Waals surface area contributed by atoms with E-state index in [1.54, 1.807) is 38.1 Å². The van der Waals surface area contributed by atoms with Crippen LogP contribution in [0.15, 0.2) is 47.6 Å². The van der Waals surface area contributed by atoms with Crippen LogP contribution in [0, 0.1) is 0 Å². The van der Waals surface area contributed by atoms with Crippen LogP contribution < -0.4 is 5.32 Å². The third kappa shape index (κ3) is 3.71. The molecule has 1 aromatic carbocycles. The second-order valence-electron chi connectivity index (χ2n) is 5.55. The number of halogens is 1. The molecule has 23 heavy (non-hydrogen) atoms. The molecule has 0 bridgehead atoms. The van der Waals surface area contributed by atoms with E-state index in [1.165, 1.54) is 12.2 Å². The molecule has 0 saturated carbocycles. The molecule has 1 aliphatic carbocycles. The van der Waals surface area contributed by atoms with Crippen molar-refractivity contribution in [2.24, 2.45) is 0 Å². The highest BCUT2D eigenvalue weighted by atomic mass is 35.5. The summed E-state index contributed by atoms with van der Waals surface area (Å²) >= 11 is 5.85. The van der Waals surface area contributed by atoms with Crippen molar-refractivity contribution in [1.29, 1.82) is 0 Å². The third-order valence-corrected chi connectivity index (χ3v) is 4.00. The van der Waals surface area contributed by atoms with Crippen LogP contribution in [-0.4, -0.2) is 24.0 Å². The lowest BCUT2D eigenvalue weighted by atomic mass is 9.89. The maximum Gasteiger partial charge on any atom is 0.253 e. The van der Waals surface area contributed by atoms with Crippen LogP contribution in [0.3, 0.4) is 0 Å². The van der Waals surface area contributed by atoms with Crippen LogP contribution in [-0.2, 0) is 9.53 Å². The largest absolute Gasteiger partial charge is 0.348 e. The molecule has 1 amide bonds. The number of carbonyl (C=O) groups excluding carboxylic acids is 2. The van der Waals surface area contributed by atoms with Gasteiger partial charge in [0.2, 0.25) is 0 Å². The van der Waals surface area contributed by atoms with E-state index in [2.05, 4.69) is 5.32 Å². The van der Waals surface area contributed by atoms with Gasteiger partial charge < -0.3 is 10.1 Å². The zero-order chi connectivity index (χ0) is 17.0. The smallest absolute Gasteiger partial charge is 0.253 e. The van der Waals surface area contributed by atoms with Crippen molar-refractivity contribution in [1.82, 2.24) is 5.32 Å². The number of nitrogens with one attached hydrogen (secondary N) is 1. The topological polar surface area (TPSA) is 55.4 Å². The van der Waals surface area contributed by atoms with Gasteiger partial charge in [-0.05, 0) is 67.8 Å². The first-order valence-electron chi connectivity index (χ1n) is 7.52. The first-order chi connectivity index (χ1) is 10.9. The molecule has 0 unspecified atom stereocenters. The molecular formula is C18H20ClNO3. The molecule has 1 aliphatic rings. The summed E-state index contributed by atoms with van der Waals surface area (Å²) in [4.78, 5) is 24.3. The van der Waals surface area contributed by atoms with Gasteiger partial charge in [0.05, 0.1) is 0 Å². The van der Waals surface area contributed by atoms with Crippen LogP contribution in [0.5, 0.6) is 0 Å². The van der Waals surface area contributed by atoms with Gasteiger partial charge >= 0.3 is 0 Å². The van der Waals surface area contributed by atoms with Crippen LogP contribution in [0.25, 0.3) is 0 Å². The first-order valence-corrected chi connectivity index (χ1v) is 7.90. The van der Waals surface area contributed by atoms with E-state index in [4.69, 9.17) is 16.3 Å². The Morgan fingerprint density at radius 2 is 1.74 bits per heavy atom. The minimum Gasteiger partial charge on any atom is -0.348 e. The normalized spacial score (nSPS) is 16.6. The van der Waals surface area contributed by atoms with E-state index in [0.29, 0.717) is 28.3 Å². The van der Waals surface area contributed by atoms with Crippen molar-refractivity contribution in [3.8, 4) is 0 Å². The molecule has 1 N–H and O–H groups in total. The van der Waals surface area contributed by atoms with Gasteiger partial charge in [-0.1, -0.05) is 18.5 Å². The van der Waals surface area contributed by atoms with E-state index in [-0.39, 0.29) is 11.7 Å². The number of hydrogen-bond donors (Lipinski definition) is 1. The molecule has 0 fully saturated rings. The lowest BCUT2D eigenvalue weighted by Gasteiger charge is -2.38. The molecule has 0 atom stereocenters. The molecule has 4 nitrogen and oxygen atoms in total. The van der Waals surface area contributed by atoms with Crippen molar-refractivity contribution in [2.45, 2.75) is 32.9 Å². The van der Waals surface area contributed by atoms with E-state index in [1.807, 2.05) is 6.92 Å². The number of amides is 1. The van der Waals surface area contributed by atoms with Crippen LogP contribution in [0.1, 0.15) is 37.6 Å². The van der Waals surface area contributed by atoms with E-state index >= 15 is 0 Å². The molecular weight excluding hydrogens is 314 g/mol. The fourth-order valence-corrected chi connectivity index (χ4v) is 2.66. The SMILES string of the molecule is CCCOC1(NC(=O)c2ccc(Cl)cc2)C(C)=CC(=O)C=C1C. The second kappa shape index (κ2) is 7.11. The number of ketones is 1. The fourth-order valence-electron chi connectivity index (χ4n) is 2.53. The van der Waals surface area contributed by atoms with Gasteiger partial charge in [-0.2, -0.15) is 0 Å². The molecule has 0 radical (unpaired) electrons. The maximum absolute atomic E-state index is 12.6. The average molecular weight is 334 g/mol. The summed E-state index contributed by atoms with van der Waals surface area (Å²) in [6.45, 7) is 6.02. The Morgan fingerprint density at radius 1 is 1.17 bits per heavy atom. The molecule has 2 rings (SSSR count). The van der Waals surface area contributed by atoms with Gasteiger partial charge in [-0.25, -0.2) is 0 Å². The summed E-state index contributed by atoms with van der Waals surface area (Å²) in [6.07, 6.45) is 3.78. The second-order valence-corrected chi connectivity index (χ2v) is 5.98. The van der Waals surface area contributed by atoms with Crippen molar-refractivity contribution >= 4 is 23.3 Å². The Labute approximate surface area is 141 Å². The highest BCUT2D eigenvalue weighted by Gasteiger charge is 2.39. The number of hydrogen-bond acceptors (Lipinski definition) is 3. The predicted molar refractivity (Wildman–Crippen MR) is 90.4 cm³/mol. The lowest BCUT2D eigenvalue weighted by molar-refractivity contribution is -0.111. The fraction of sp³-hybridized carbons (Fsp3) is 0.333. The maximum atomic E-state index is 12.6. The first kappa shape index (κ1) is 17.4. The zero-order valence-corrected chi connectivity index (χ0v) is 14.2. The molecule has 122 valence electrons. The lowest BCUT2D eigenvalue weighted by Crippen LogP contribution is -2.54. The quantitative estimate of drug-likeness (QED) is 0.836. The van der Waals surface area contributed by atoms with Crippen LogP contribution in [0.4, 0.5) is 0 Å². The number of rotatable bonds is 5. The molecule has 0 saturated heterocycles. The van der Waals surface area contributed by atoms with Crippen molar-refractivity contribution in [3.63, 3.8) is 0 Å². The molecule has 0 spiro atoms. The summed E-state index contributed by atoms with van der Waals surface area (Å²) < 4.78 is 5.96. The van der Waals surface area contributed by atoms with Crippen LogP contribution >= 0.6 is 11.6 Å². The highest BCUT2D eigenvalue weighted by Crippen LogP contribution is 2.31. The van der Waals surface area contributed by atoms with Gasteiger partial charge in [-0.3, -0.25) is 9.59 Å². The molecule has 0 aromatic heterocycles. The number of ether oxygens (including phenoxy) is 1. The van der Waals surface area contributed by atoms with Gasteiger partial charge in [0.25, 0.3) is 5.91 Å². The summed E-state index contributed by atoms with van der Waals surface area (Å²) in [6, 6.07) is 6.62. The molecule has 5 heteroatoms. The van der Waals surface area contributed by atoms with Gasteiger partial charge in [0, 0.05) is 17.2 Å².